The van der Waals surface area contributed by atoms with Crippen LogP contribution in [0.15, 0.2) is 0 Å². The minimum Gasteiger partial charge on any atom is -0.481 e. The van der Waals surface area contributed by atoms with E-state index in [0.29, 0.717) is 31.5 Å². The van der Waals surface area contributed by atoms with Crippen molar-refractivity contribution in [3.63, 3.8) is 0 Å². The zero-order valence-corrected chi connectivity index (χ0v) is 11.8. The lowest BCUT2D eigenvalue weighted by molar-refractivity contribution is -0.143. The van der Waals surface area contributed by atoms with E-state index in [4.69, 9.17) is 5.11 Å². The molecule has 108 valence electrons. The number of aliphatic carboxylic acids is 1. The van der Waals surface area contributed by atoms with Crippen LogP contribution in [0.5, 0.6) is 0 Å². The fourth-order valence-corrected chi connectivity index (χ4v) is 2.70. The van der Waals surface area contributed by atoms with E-state index in [9.17, 15) is 9.59 Å². The van der Waals surface area contributed by atoms with Crippen molar-refractivity contribution in [2.75, 3.05) is 19.6 Å². The Labute approximate surface area is 114 Å². The van der Waals surface area contributed by atoms with Gasteiger partial charge in [-0.1, -0.05) is 13.8 Å². The third-order valence-corrected chi connectivity index (χ3v) is 3.84. The summed E-state index contributed by atoms with van der Waals surface area (Å²) in [6, 6.07) is 0.433. The largest absolute Gasteiger partial charge is 0.481 e. The van der Waals surface area contributed by atoms with Gasteiger partial charge in [0.15, 0.2) is 0 Å². The summed E-state index contributed by atoms with van der Waals surface area (Å²) in [5.41, 5.74) is 0. The highest BCUT2D eigenvalue weighted by atomic mass is 16.4. The minimum absolute atomic E-state index is 0.0437. The number of amides is 2. The van der Waals surface area contributed by atoms with Gasteiger partial charge in [-0.25, -0.2) is 4.79 Å². The fraction of sp³-hybridized carbons (Fsp3) is 0.857. The van der Waals surface area contributed by atoms with E-state index < -0.39 is 11.9 Å². The molecule has 2 fully saturated rings. The van der Waals surface area contributed by atoms with E-state index in [2.05, 4.69) is 13.8 Å². The SMILES string of the molecule is CC(C)CN(C(=O)N1CCC[C@@H](C(=O)O)C1)C1CC1. The van der Waals surface area contributed by atoms with E-state index in [-0.39, 0.29) is 6.03 Å². The molecule has 2 aliphatic rings. The van der Waals surface area contributed by atoms with Gasteiger partial charge in [-0.05, 0) is 31.6 Å². The zero-order valence-electron chi connectivity index (χ0n) is 11.8. The maximum atomic E-state index is 12.5. The molecule has 5 nitrogen and oxygen atoms in total. The number of hydrogen-bond donors (Lipinski definition) is 1. The van der Waals surface area contributed by atoms with Gasteiger partial charge in [-0.15, -0.1) is 0 Å². The molecule has 2 amide bonds. The Hall–Kier alpha value is -1.26. The zero-order chi connectivity index (χ0) is 14.0. The summed E-state index contributed by atoms with van der Waals surface area (Å²) in [5, 5.41) is 9.09. The van der Waals surface area contributed by atoms with Crippen molar-refractivity contribution in [1.29, 1.82) is 0 Å². The molecule has 0 unspecified atom stereocenters. The lowest BCUT2D eigenvalue weighted by Crippen LogP contribution is -2.50. The van der Waals surface area contributed by atoms with Gasteiger partial charge >= 0.3 is 12.0 Å². The average Bonchev–Trinajstić information content (AvgIpc) is 3.19. The molecule has 1 atom stereocenters. The first kappa shape index (κ1) is 14.2. The van der Waals surface area contributed by atoms with Crippen molar-refractivity contribution >= 4 is 12.0 Å². The van der Waals surface area contributed by atoms with E-state index >= 15 is 0 Å². The van der Waals surface area contributed by atoms with Crippen LogP contribution in [-0.2, 0) is 4.79 Å². The highest BCUT2D eigenvalue weighted by Gasteiger charge is 2.37. The monoisotopic (exact) mass is 268 g/mol. The number of piperidine rings is 1. The molecule has 1 saturated carbocycles. The second kappa shape index (κ2) is 5.80. The van der Waals surface area contributed by atoms with Crippen molar-refractivity contribution in [2.24, 2.45) is 11.8 Å². The molecule has 0 radical (unpaired) electrons. The van der Waals surface area contributed by atoms with E-state index in [0.717, 1.165) is 25.8 Å². The molecule has 0 aromatic rings. The number of hydrogen-bond acceptors (Lipinski definition) is 2. The summed E-state index contributed by atoms with van der Waals surface area (Å²) in [6.45, 7) is 6.06. The molecular formula is C14H24N2O3. The van der Waals surface area contributed by atoms with Gasteiger partial charge in [0.2, 0.25) is 0 Å². The number of likely N-dealkylation sites (tertiary alicyclic amines) is 1. The molecule has 1 N–H and O–H groups in total. The average molecular weight is 268 g/mol. The smallest absolute Gasteiger partial charge is 0.320 e. The van der Waals surface area contributed by atoms with Crippen molar-refractivity contribution in [3.05, 3.63) is 0 Å². The standard InChI is InChI=1S/C14H24N2O3/c1-10(2)8-16(12-5-6-12)14(19)15-7-3-4-11(9-15)13(17)18/h10-12H,3-9H2,1-2H3,(H,17,18)/t11-/m1/s1. The van der Waals surface area contributed by atoms with Crippen LogP contribution in [0.4, 0.5) is 4.79 Å². The first-order valence-electron chi connectivity index (χ1n) is 7.27. The lowest BCUT2D eigenvalue weighted by atomic mass is 9.98. The number of carbonyl (C=O) groups is 2. The third-order valence-electron chi connectivity index (χ3n) is 3.84. The molecular weight excluding hydrogens is 244 g/mol. The fourth-order valence-electron chi connectivity index (χ4n) is 2.70. The maximum Gasteiger partial charge on any atom is 0.320 e. The van der Waals surface area contributed by atoms with Crippen LogP contribution in [0, 0.1) is 11.8 Å². The molecule has 1 aliphatic carbocycles. The third kappa shape index (κ3) is 3.61. The summed E-state index contributed by atoms with van der Waals surface area (Å²) >= 11 is 0. The van der Waals surface area contributed by atoms with Crippen molar-refractivity contribution in [2.45, 2.75) is 45.6 Å². The van der Waals surface area contributed by atoms with Gasteiger partial charge in [0.05, 0.1) is 5.92 Å². The second-order valence-electron chi connectivity index (χ2n) is 6.18. The molecule has 0 bridgehead atoms. The normalized spacial score (nSPS) is 23.5. The van der Waals surface area contributed by atoms with Gasteiger partial charge in [-0.2, -0.15) is 0 Å². The van der Waals surface area contributed by atoms with Gasteiger partial charge in [0.25, 0.3) is 0 Å². The van der Waals surface area contributed by atoms with Crippen LogP contribution in [-0.4, -0.2) is 52.6 Å². The number of nitrogens with zero attached hydrogens (tertiary/aromatic N) is 2. The molecule has 0 aromatic carbocycles. The Morgan fingerprint density at radius 2 is 2.00 bits per heavy atom. The summed E-state index contributed by atoms with van der Waals surface area (Å²) < 4.78 is 0. The van der Waals surface area contributed by atoms with E-state index in [1.807, 2.05) is 4.90 Å². The van der Waals surface area contributed by atoms with Gasteiger partial charge in [0.1, 0.15) is 0 Å². The predicted octanol–water partition coefficient (Wildman–Crippen LogP) is 2.02. The molecule has 1 aliphatic heterocycles. The van der Waals surface area contributed by atoms with Crippen molar-refractivity contribution in [3.8, 4) is 0 Å². The number of urea groups is 1. The van der Waals surface area contributed by atoms with Crippen molar-refractivity contribution in [1.82, 2.24) is 9.80 Å². The molecule has 19 heavy (non-hydrogen) atoms. The topological polar surface area (TPSA) is 60.9 Å². The molecule has 0 spiro atoms. The van der Waals surface area contributed by atoms with Crippen LogP contribution < -0.4 is 0 Å². The van der Waals surface area contributed by atoms with Gasteiger partial charge in [-0.3, -0.25) is 4.79 Å². The highest BCUT2D eigenvalue weighted by Crippen LogP contribution is 2.29. The first-order valence-corrected chi connectivity index (χ1v) is 7.27. The highest BCUT2D eigenvalue weighted by molar-refractivity contribution is 5.77. The molecule has 5 heteroatoms. The Bertz CT molecular complexity index is 353. The molecule has 0 aromatic heterocycles. The Morgan fingerprint density at radius 1 is 1.32 bits per heavy atom. The van der Waals surface area contributed by atoms with Crippen LogP contribution >= 0.6 is 0 Å². The lowest BCUT2D eigenvalue weighted by Gasteiger charge is -2.36. The van der Waals surface area contributed by atoms with Crippen molar-refractivity contribution < 1.29 is 14.7 Å². The summed E-state index contributed by atoms with van der Waals surface area (Å²) in [7, 11) is 0. The summed E-state index contributed by atoms with van der Waals surface area (Å²) in [5.74, 6) is -0.721. The summed E-state index contributed by atoms with van der Waals surface area (Å²) in [4.78, 5) is 27.3. The summed E-state index contributed by atoms with van der Waals surface area (Å²) in [6.07, 6.45) is 3.67. The molecule has 2 rings (SSSR count). The van der Waals surface area contributed by atoms with Crippen LogP contribution in [0.3, 0.4) is 0 Å². The van der Waals surface area contributed by atoms with E-state index in [1.165, 1.54) is 0 Å². The predicted molar refractivity (Wildman–Crippen MR) is 71.9 cm³/mol. The number of rotatable bonds is 4. The Kier molecular flexibility index (Phi) is 4.32. The Morgan fingerprint density at radius 3 is 2.53 bits per heavy atom. The maximum absolute atomic E-state index is 12.5. The second-order valence-corrected chi connectivity index (χ2v) is 6.18. The van der Waals surface area contributed by atoms with Gasteiger partial charge in [0, 0.05) is 25.7 Å². The molecule has 1 heterocycles. The molecule has 1 saturated heterocycles. The quantitative estimate of drug-likeness (QED) is 0.848. The first-order chi connectivity index (χ1) is 8.99. The number of carboxylic acid groups (broad SMARTS) is 1. The van der Waals surface area contributed by atoms with Gasteiger partial charge < -0.3 is 14.9 Å². The Balaban J connectivity index is 1.98. The number of carbonyl (C=O) groups excluding carboxylic acids is 1. The van der Waals surface area contributed by atoms with Crippen LogP contribution in [0.25, 0.3) is 0 Å². The number of carboxylic acids is 1. The van der Waals surface area contributed by atoms with E-state index in [1.54, 1.807) is 4.90 Å². The van der Waals surface area contributed by atoms with Crippen LogP contribution in [0.2, 0.25) is 0 Å². The minimum atomic E-state index is -0.778. The van der Waals surface area contributed by atoms with Crippen LogP contribution in [0.1, 0.15) is 39.5 Å².